The number of carbonyl (C=O) groups excluding carboxylic acids is 1. The van der Waals surface area contributed by atoms with E-state index < -0.39 is 0 Å². The minimum Gasteiger partial charge on any atom is -0.322 e. The van der Waals surface area contributed by atoms with Crippen LogP contribution in [0.2, 0.25) is 0 Å². The Balaban J connectivity index is 2.87. The molecule has 1 heterocycles. The van der Waals surface area contributed by atoms with E-state index >= 15 is 0 Å². The Morgan fingerprint density at radius 1 is 1.32 bits per heavy atom. The Morgan fingerprint density at radius 2 is 2.00 bits per heavy atom. The fraction of sp³-hybridized carbons (Fsp3) is 0.933. The van der Waals surface area contributed by atoms with Gasteiger partial charge in [0.2, 0.25) is 5.91 Å². The molecule has 1 saturated heterocycles. The molecule has 1 fully saturated rings. The van der Waals surface area contributed by atoms with Crippen LogP contribution in [0.4, 0.5) is 0 Å². The van der Waals surface area contributed by atoms with Crippen LogP contribution in [0.25, 0.3) is 0 Å². The highest BCUT2D eigenvalue weighted by atomic mass is 32.2. The van der Waals surface area contributed by atoms with Gasteiger partial charge in [-0.25, -0.2) is 0 Å². The van der Waals surface area contributed by atoms with E-state index in [2.05, 4.69) is 44.2 Å². The monoisotopic (exact) mass is 286 g/mol. The van der Waals surface area contributed by atoms with Crippen molar-refractivity contribution < 1.29 is 4.79 Å². The molecule has 19 heavy (non-hydrogen) atoms. The molecule has 4 heteroatoms. The fourth-order valence-corrected chi connectivity index (χ4v) is 3.62. The summed E-state index contributed by atoms with van der Waals surface area (Å²) in [7, 11) is 0. The second kappa shape index (κ2) is 8.15. The first kappa shape index (κ1) is 16.8. The Labute approximate surface area is 122 Å². The molecule has 1 N–H and O–H groups in total. The van der Waals surface area contributed by atoms with Gasteiger partial charge < -0.3 is 4.90 Å². The molecule has 0 bridgehead atoms. The molecule has 1 rings (SSSR count). The maximum atomic E-state index is 12.7. The Hall–Kier alpha value is -0.220. The van der Waals surface area contributed by atoms with Gasteiger partial charge in [-0.05, 0) is 25.0 Å². The first-order valence-electron chi connectivity index (χ1n) is 7.67. The van der Waals surface area contributed by atoms with Crippen molar-refractivity contribution >= 4 is 17.7 Å². The lowest BCUT2D eigenvalue weighted by atomic mass is 9.99. The molecule has 0 radical (unpaired) electrons. The molecule has 0 aromatic rings. The molecular weight excluding hydrogens is 256 g/mol. The number of nitrogens with zero attached hydrogens (tertiary/aromatic N) is 1. The second-order valence-corrected chi connectivity index (χ2v) is 6.51. The Morgan fingerprint density at radius 3 is 2.47 bits per heavy atom. The zero-order valence-corrected chi connectivity index (χ0v) is 13.9. The standard InChI is InChI=1S/C15H30N2OS/c1-6-9-13-16-14(11(4)7-2)15(18)17(13)12(8-3)10-19-5/h11-14,16H,6-10H2,1-5H3. The Kier molecular flexibility index (Phi) is 7.22. The van der Waals surface area contributed by atoms with Crippen molar-refractivity contribution in [2.75, 3.05) is 12.0 Å². The van der Waals surface area contributed by atoms with E-state index in [1.165, 1.54) is 0 Å². The second-order valence-electron chi connectivity index (χ2n) is 5.60. The van der Waals surface area contributed by atoms with Gasteiger partial charge >= 0.3 is 0 Å². The largest absolute Gasteiger partial charge is 0.322 e. The van der Waals surface area contributed by atoms with E-state index in [4.69, 9.17) is 0 Å². The predicted octanol–water partition coefficient (Wildman–Crippen LogP) is 3.10. The molecule has 0 aromatic heterocycles. The first-order chi connectivity index (χ1) is 9.10. The SMILES string of the molecule is CCCC1NC(C(C)CC)C(=O)N1C(CC)CSC. The van der Waals surface area contributed by atoms with Crippen molar-refractivity contribution in [2.24, 2.45) is 5.92 Å². The van der Waals surface area contributed by atoms with Crippen molar-refractivity contribution in [1.29, 1.82) is 0 Å². The number of amides is 1. The summed E-state index contributed by atoms with van der Waals surface area (Å²) in [5.74, 6) is 1.79. The fourth-order valence-electron chi connectivity index (χ4n) is 2.83. The summed E-state index contributed by atoms with van der Waals surface area (Å²) in [6.07, 6.45) is 6.64. The topological polar surface area (TPSA) is 32.3 Å². The third-order valence-electron chi connectivity index (χ3n) is 4.23. The average Bonchev–Trinajstić information content (AvgIpc) is 2.73. The lowest BCUT2D eigenvalue weighted by Crippen LogP contribution is -2.45. The molecule has 0 aliphatic carbocycles. The molecule has 4 unspecified atom stereocenters. The smallest absolute Gasteiger partial charge is 0.241 e. The van der Waals surface area contributed by atoms with E-state index in [-0.39, 0.29) is 12.2 Å². The van der Waals surface area contributed by atoms with E-state index in [1.54, 1.807) is 0 Å². The van der Waals surface area contributed by atoms with Crippen molar-refractivity contribution in [3.05, 3.63) is 0 Å². The molecule has 1 aliphatic heterocycles. The summed E-state index contributed by atoms with van der Waals surface area (Å²) in [5, 5.41) is 3.58. The van der Waals surface area contributed by atoms with Gasteiger partial charge in [-0.1, -0.05) is 40.5 Å². The average molecular weight is 286 g/mol. The zero-order valence-electron chi connectivity index (χ0n) is 13.1. The molecule has 1 amide bonds. The summed E-state index contributed by atoms with van der Waals surface area (Å²) >= 11 is 1.84. The van der Waals surface area contributed by atoms with Crippen LogP contribution in [0.1, 0.15) is 53.4 Å². The highest BCUT2D eigenvalue weighted by Gasteiger charge is 2.42. The molecule has 4 atom stereocenters. The zero-order chi connectivity index (χ0) is 14.4. The van der Waals surface area contributed by atoms with Gasteiger partial charge in [0.25, 0.3) is 0 Å². The molecule has 0 spiro atoms. The van der Waals surface area contributed by atoms with Gasteiger partial charge in [0.1, 0.15) is 0 Å². The number of hydrogen-bond acceptors (Lipinski definition) is 3. The third kappa shape index (κ3) is 3.88. The number of rotatable bonds is 8. The maximum Gasteiger partial charge on any atom is 0.241 e. The first-order valence-corrected chi connectivity index (χ1v) is 9.07. The third-order valence-corrected chi connectivity index (χ3v) is 4.95. The van der Waals surface area contributed by atoms with Crippen molar-refractivity contribution in [1.82, 2.24) is 10.2 Å². The van der Waals surface area contributed by atoms with Gasteiger partial charge in [-0.2, -0.15) is 11.8 Å². The molecule has 0 saturated carbocycles. The van der Waals surface area contributed by atoms with Gasteiger partial charge in [-0.15, -0.1) is 0 Å². The van der Waals surface area contributed by atoms with Crippen LogP contribution in [0.3, 0.4) is 0 Å². The number of nitrogens with one attached hydrogen (secondary N) is 1. The number of carbonyl (C=O) groups is 1. The van der Waals surface area contributed by atoms with Crippen LogP contribution < -0.4 is 5.32 Å². The maximum absolute atomic E-state index is 12.7. The summed E-state index contributed by atoms with van der Waals surface area (Å²) in [5.41, 5.74) is 0. The van der Waals surface area contributed by atoms with Crippen LogP contribution in [0.15, 0.2) is 0 Å². The lowest BCUT2D eigenvalue weighted by Gasteiger charge is -2.31. The van der Waals surface area contributed by atoms with Crippen LogP contribution in [-0.2, 0) is 4.79 Å². The van der Waals surface area contributed by atoms with Crippen molar-refractivity contribution in [3.63, 3.8) is 0 Å². The van der Waals surface area contributed by atoms with Crippen LogP contribution in [0, 0.1) is 5.92 Å². The van der Waals surface area contributed by atoms with Crippen LogP contribution in [0.5, 0.6) is 0 Å². The highest BCUT2D eigenvalue weighted by molar-refractivity contribution is 7.98. The summed E-state index contributed by atoms with van der Waals surface area (Å²) in [6.45, 7) is 8.72. The molecule has 3 nitrogen and oxygen atoms in total. The van der Waals surface area contributed by atoms with E-state index in [0.717, 1.165) is 31.4 Å². The minimum atomic E-state index is 0.0254. The molecule has 1 aliphatic rings. The highest BCUT2D eigenvalue weighted by Crippen LogP contribution is 2.26. The predicted molar refractivity (Wildman–Crippen MR) is 84.4 cm³/mol. The van der Waals surface area contributed by atoms with Gasteiger partial charge in [-0.3, -0.25) is 10.1 Å². The minimum absolute atomic E-state index is 0.0254. The Bertz CT molecular complexity index is 285. The van der Waals surface area contributed by atoms with Gasteiger partial charge in [0, 0.05) is 11.8 Å². The van der Waals surface area contributed by atoms with E-state index in [0.29, 0.717) is 17.9 Å². The van der Waals surface area contributed by atoms with Crippen LogP contribution in [-0.4, -0.2) is 41.1 Å². The summed E-state index contributed by atoms with van der Waals surface area (Å²) in [6, 6.07) is 0.401. The lowest BCUT2D eigenvalue weighted by molar-refractivity contribution is -0.132. The van der Waals surface area contributed by atoms with Crippen molar-refractivity contribution in [3.8, 4) is 0 Å². The van der Waals surface area contributed by atoms with Gasteiger partial charge in [0.05, 0.1) is 12.2 Å². The molecule has 112 valence electrons. The van der Waals surface area contributed by atoms with Crippen LogP contribution >= 0.6 is 11.8 Å². The normalized spacial score (nSPS) is 26.8. The number of hydrogen-bond donors (Lipinski definition) is 1. The number of thioether (sulfide) groups is 1. The summed E-state index contributed by atoms with van der Waals surface area (Å²) < 4.78 is 0. The van der Waals surface area contributed by atoms with E-state index in [1.807, 2.05) is 11.8 Å². The molecule has 0 aromatic carbocycles. The summed E-state index contributed by atoms with van der Waals surface area (Å²) in [4.78, 5) is 14.9. The van der Waals surface area contributed by atoms with E-state index in [9.17, 15) is 4.79 Å². The molecular formula is C15H30N2OS. The quantitative estimate of drug-likeness (QED) is 0.744. The van der Waals surface area contributed by atoms with Crippen molar-refractivity contribution in [2.45, 2.75) is 71.6 Å². The van der Waals surface area contributed by atoms with Gasteiger partial charge in [0.15, 0.2) is 0 Å².